The van der Waals surface area contributed by atoms with Crippen LogP contribution in [0.2, 0.25) is 0 Å². The average molecular weight is 317 g/mol. The van der Waals surface area contributed by atoms with Crippen molar-refractivity contribution in [3.8, 4) is 5.75 Å². The molecule has 0 fully saturated rings. The van der Waals surface area contributed by atoms with Crippen LogP contribution in [0, 0.1) is 0 Å². The molecular formula is C16H15NO4S. The zero-order valence-corrected chi connectivity index (χ0v) is 12.7. The van der Waals surface area contributed by atoms with Crippen LogP contribution in [0.3, 0.4) is 0 Å². The van der Waals surface area contributed by atoms with Crippen molar-refractivity contribution in [2.45, 2.75) is 12.1 Å². The molecule has 5 nitrogen and oxygen atoms in total. The molecule has 6 heteroatoms. The minimum absolute atomic E-state index is 0.291. The van der Waals surface area contributed by atoms with Gasteiger partial charge < -0.3 is 4.74 Å². The molecule has 1 heterocycles. The molecule has 0 spiro atoms. The van der Waals surface area contributed by atoms with Crippen LogP contribution >= 0.6 is 0 Å². The maximum absolute atomic E-state index is 12.7. The first-order chi connectivity index (χ1) is 10.5. The van der Waals surface area contributed by atoms with Gasteiger partial charge in [0.25, 0.3) is 0 Å². The number of ether oxygens (including phenoxy) is 1. The Hall–Kier alpha value is -2.18. The molecule has 1 aliphatic rings. The number of hydrogen-bond donors (Lipinski definition) is 1. The zero-order chi connectivity index (χ0) is 15.7. The number of benzene rings is 2. The van der Waals surface area contributed by atoms with Gasteiger partial charge in [0.15, 0.2) is 5.78 Å². The lowest BCUT2D eigenvalue weighted by Crippen LogP contribution is -2.48. The van der Waals surface area contributed by atoms with Gasteiger partial charge in [-0.2, -0.15) is 0 Å². The van der Waals surface area contributed by atoms with Crippen molar-refractivity contribution in [3.05, 3.63) is 65.7 Å². The minimum atomic E-state index is -3.55. The molecule has 0 radical (unpaired) electrons. The van der Waals surface area contributed by atoms with E-state index in [0.29, 0.717) is 11.3 Å². The summed E-state index contributed by atoms with van der Waals surface area (Å²) in [6.07, 6.45) is 0.335. The second-order valence-electron chi connectivity index (χ2n) is 5.18. The molecule has 114 valence electrons. The number of ketones is 1. The highest BCUT2D eigenvalue weighted by Crippen LogP contribution is 2.35. The van der Waals surface area contributed by atoms with Crippen LogP contribution in [0.25, 0.3) is 0 Å². The van der Waals surface area contributed by atoms with E-state index in [1.807, 2.05) is 30.3 Å². The summed E-state index contributed by atoms with van der Waals surface area (Å²) in [5, 5.41) is 0. The van der Waals surface area contributed by atoms with Crippen molar-refractivity contribution >= 4 is 15.8 Å². The van der Waals surface area contributed by atoms with Gasteiger partial charge in [0.05, 0.1) is 11.8 Å². The van der Waals surface area contributed by atoms with Gasteiger partial charge in [0.2, 0.25) is 10.0 Å². The van der Waals surface area contributed by atoms with E-state index in [1.54, 1.807) is 24.3 Å². The molecule has 0 saturated carbocycles. The third kappa shape index (κ3) is 2.88. The summed E-state index contributed by atoms with van der Waals surface area (Å²) in [6, 6.07) is 15.0. The lowest BCUT2D eigenvalue weighted by Gasteiger charge is -2.32. The lowest BCUT2D eigenvalue weighted by atomic mass is 9.92. The maximum atomic E-state index is 12.7. The van der Waals surface area contributed by atoms with E-state index in [0.717, 1.165) is 11.8 Å². The SMILES string of the molecule is CS(=O)(=O)N[C@@H]1C(=O)c2ccccc2O[C@H]1c1ccccc1. The highest BCUT2D eigenvalue weighted by Gasteiger charge is 2.39. The number of fused-ring (bicyclic) bond motifs is 1. The molecule has 0 bridgehead atoms. The number of nitrogens with one attached hydrogen (secondary N) is 1. The molecule has 2 aromatic carbocycles. The molecule has 2 atom stereocenters. The highest BCUT2D eigenvalue weighted by atomic mass is 32.2. The van der Waals surface area contributed by atoms with Crippen LogP contribution < -0.4 is 9.46 Å². The lowest BCUT2D eigenvalue weighted by molar-refractivity contribution is 0.0767. The minimum Gasteiger partial charge on any atom is -0.483 e. The van der Waals surface area contributed by atoms with Gasteiger partial charge in [-0.1, -0.05) is 42.5 Å². The molecule has 0 aliphatic carbocycles. The summed E-state index contributed by atoms with van der Waals surface area (Å²) in [5.41, 5.74) is 1.13. The van der Waals surface area contributed by atoms with E-state index in [1.165, 1.54) is 0 Å². The Morgan fingerprint density at radius 3 is 2.32 bits per heavy atom. The van der Waals surface area contributed by atoms with E-state index in [2.05, 4.69) is 4.72 Å². The van der Waals surface area contributed by atoms with Crippen LogP contribution in [-0.2, 0) is 10.0 Å². The smallest absolute Gasteiger partial charge is 0.209 e. The second kappa shape index (κ2) is 5.55. The van der Waals surface area contributed by atoms with Gasteiger partial charge in [-0.05, 0) is 17.7 Å². The average Bonchev–Trinajstić information content (AvgIpc) is 2.50. The number of Topliss-reactive ketones (excluding diaryl/α,β-unsaturated/α-hetero) is 1. The number of para-hydroxylation sites is 1. The third-order valence-electron chi connectivity index (χ3n) is 3.46. The largest absolute Gasteiger partial charge is 0.483 e. The van der Waals surface area contributed by atoms with Gasteiger partial charge >= 0.3 is 0 Å². The van der Waals surface area contributed by atoms with Crippen molar-refractivity contribution in [2.75, 3.05) is 6.26 Å². The van der Waals surface area contributed by atoms with E-state index < -0.39 is 22.2 Å². The van der Waals surface area contributed by atoms with Gasteiger partial charge in [-0.3, -0.25) is 4.79 Å². The Balaban J connectivity index is 2.08. The van der Waals surface area contributed by atoms with Gasteiger partial charge in [0, 0.05) is 0 Å². The van der Waals surface area contributed by atoms with E-state index in [-0.39, 0.29) is 5.78 Å². The van der Waals surface area contributed by atoms with Crippen molar-refractivity contribution in [2.24, 2.45) is 0 Å². The Labute approximate surface area is 129 Å². The monoisotopic (exact) mass is 317 g/mol. The van der Waals surface area contributed by atoms with E-state index in [4.69, 9.17) is 4.74 Å². The predicted molar refractivity (Wildman–Crippen MR) is 82.4 cm³/mol. The van der Waals surface area contributed by atoms with Crippen LogP contribution in [0.15, 0.2) is 54.6 Å². The number of carbonyl (C=O) groups excluding carboxylic acids is 1. The fourth-order valence-electron chi connectivity index (χ4n) is 2.53. The molecule has 3 rings (SSSR count). The summed E-state index contributed by atoms with van der Waals surface area (Å²) in [4.78, 5) is 12.7. The number of carbonyl (C=O) groups is 1. The van der Waals surface area contributed by atoms with Gasteiger partial charge in [-0.25, -0.2) is 13.1 Å². The summed E-state index contributed by atoms with van der Waals surface area (Å²) >= 11 is 0. The van der Waals surface area contributed by atoms with Crippen molar-refractivity contribution < 1.29 is 17.9 Å². The number of rotatable bonds is 3. The van der Waals surface area contributed by atoms with E-state index >= 15 is 0 Å². The zero-order valence-electron chi connectivity index (χ0n) is 11.9. The molecule has 0 amide bonds. The van der Waals surface area contributed by atoms with E-state index in [9.17, 15) is 13.2 Å². The second-order valence-corrected chi connectivity index (χ2v) is 6.96. The van der Waals surface area contributed by atoms with Crippen LogP contribution in [0.1, 0.15) is 22.0 Å². The first-order valence-corrected chi connectivity index (χ1v) is 8.67. The first-order valence-electron chi connectivity index (χ1n) is 6.78. The Morgan fingerprint density at radius 1 is 1.00 bits per heavy atom. The summed E-state index contributed by atoms with van der Waals surface area (Å²) in [6.45, 7) is 0. The number of hydrogen-bond acceptors (Lipinski definition) is 4. The first kappa shape index (κ1) is 14.7. The summed E-state index contributed by atoms with van der Waals surface area (Å²) in [5.74, 6) is 0.175. The quantitative estimate of drug-likeness (QED) is 0.939. The molecular weight excluding hydrogens is 302 g/mol. The molecule has 0 saturated heterocycles. The van der Waals surface area contributed by atoms with Crippen LogP contribution in [0.4, 0.5) is 0 Å². The maximum Gasteiger partial charge on any atom is 0.209 e. The molecule has 1 aliphatic heterocycles. The normalized spacial score (nSPS) is 21.0. The third-order valence-corrected chi connectivity index (χ3v) is 4.14. The molecule has 2 aromatic rings. The van der Waals surface area contributed by atoms with Gasteiger partial charge in [0.1, 0.15) is 17.9 Å². The molecule has 0 unspecified atom stereocenters. The van der Waals surface area contributed by atoms with Crippen molar-refractivity contribution in [1.82, 2.24) is 4.72 Å². The standard InChI is InChI=1S/C16H15NO4S/c1-22(19,20)17-14-15(18)12-9-5-6-10-13(12)21-16(14)11-7-3-2-4-8-11/h2-10,14,16-17H,1H3/t14-,16+/m1/s1. The summed E-state index contributed by atoms with van der Waals surface area (Å²) < 4.78 is 31.5. The Kier molecular flexibility index (Phi) is 3.72. The van der Waals surface area contributed by atoms with Crippen LogP contribution in [0.5, 0.6) is 5.75 Å². The van der Waals surface area contributed by atoms with Crippen LogP contribution in [-0.4, -0.2) is 26.5 Å². The van der Waals surface area contributed by atoms with Gasteiger partial charge in [-0.15, -0.1) is 0 Å². The Morgan fingerprint density at radius 2 is 1.64 bits per heavy atom. The van der Waals surface area contributed by atoms with Crippen molar-refractivity contribution in [3.63, 3.8) is 0 Å². The predicted octanol–water partition coefficient (Wildman–Crippen LogP) is 1.92. The highest BCUT2D eigenvalue weighted by molar-refractivity contribution is 7.88. The molecule has 1 N–H and O–H groups in total. The molecule has 0 aromatic heterocycles. The number of sulfonamides is 1. The summed E-state index contributed by atoms with van der Waals surface area (Å²) in [7, 11) is -3.55. The Bertz CT molecular complexity index is 802. The molecule has 22 heavy (non-hydrogen) atoms. The van der Waals surface area contributed by atoms with Crippen molar-refractivity contribution in [1.29, 1.82) is 0 Å². The fraction of sp³-hybridized carbons (Fsp3) is 0.188. The fourth-order valence-corrected chi connectivity index (χ4v) is 3.22. The topological polar surface area (TPSA) is 72.5 Å².